The predicted molar refractivity (Wildman–Crippen MR) is 153 cm³/mol. The second kappa shape index (κ2) is 10.0. The van der Waals surface area contributed by atoms with Gasteiger partial charge in [-0.1, -0.05) is 18.2 Å². The standard InChI is InChI=1S/C30H28FN7O3/c31-23-14-18(9-10-21(23)22-15-36(20-11-13-41-16-20)28-25(22)27(32)33-17-34-28)35-29(39)26-24-8-4-5-12-37(24)38(30(26)40)19-6-2-1-3-7-19/h1-3,6-7,9-10,14-15,17,20H,4-5,8,11-13,16H2,(H,35,39)(H2,32,33,34). The first-order valence-electron chi connectivity index (χ1n) is 13.7. The second-order valence-corrected chi connectivity index (χ2v) is 10.4. The Kier molecular flexibility index (Phi) is 6.15. The number of hydrogen-bond acceptors (Lipinski definition) is 6. The van der Waals surface area contributed by atoms with Crippen molar-refractivity contribution in [1.29, 1.82) is 0 Å². The van der Waals surface area contributed by atoms with E-state index < -0.39 is 11.7 Å². The fraction of sp³-hybridized carbons (Fsp3) is 0.267. The van der Waals surface area contributed by atoms with Gasteiger partial charge in [0.15, 0.2) is 0 Å². The van der Waals surface area contributed by atoms with E-state index in [9.17, 15) is 9.59 Å². The van der Waals surface area contributed by atoms with Gasteiger partial charge in [-0.25, -0.2) is 19.0 Å². The maximum atomic E-state index is 15.7. The maximum Gasteiger partial charge on any atom is 0.284 e. The zero-order valence-electron chi connectivity index (χ0n) is 22.2. The van der Waals surface area contributed by atoms with E-state index in [0.717, 1.165) is 19.3 Å². The van der Waals surface area contributed by atoms with Gasteiger partial charge < -0.3 is 20.4 Å². The number of hydrogen-bond donors (Lipinski definition) is 2. The van der Waals surface area contributed by atoms with Gasteiger partial charge in [0.25, 0.3) is 11.5 Å². The van der Waals surface area contributed by atoms with E-state index >= 15 is 4.39 Å². The van der Waals surface area contributed by atoms with Crippen molar-refractivity contribution < 1.29 is 13.9 Å². The highest BCUT2D eigenvalue weighted by molar-refractivity contribution is 6.05. The van der Waals surface area contributed by atoms with Gasteiger partial charge in [-0.2, -0.15) is 0 Å². The molecule has 1 saturated heterocycles. The third-order valence-electron chi connectivity index (χ3n) is 7.96. The van der Waals surface area contributed by atoms with Crippen LogP contribution >= 0.6 is 0 Å². The van der Waals surface area contributed by atoms with Crippen molar-refractivity contribution in [2.24, 2.45) is 0 Å². The van der Waals surface area contributed by atoms with Crippen LogP contribution in [0, 0.1) is 5.82 Å². The van der Waals surface area contributed by atoms with Gasteiger partial charge in [0.05, 0.1) is 29.4 Å². The average molecular weight is 554 g/mol. The van der Waals surface area contributed by atoms with Crippen LogP contribution in [0.2, 0.25) is 0 Å². The molecule has 3 N–H and O–H groups in total. The van der Waals surface area contributed by atoms with Crippen LogP contribution < -0.4 is 16.6 Å². The summed E-state index contributed by atoms with van der Waals surface area (Å²) < 4.78 is 26.6. The summed E-state index contributed by atoms with van der Waals surface area (Å²) in [5.41, 5.74) is 9.04. The molecule has 0 aliphatic carbocycles. The number of rotatable bonds is 5. The lowest BCUT2D eigenvalue weighted by Gasteiger charge is -2.19. The zero-order chi connectivity index (χ0) is 28.1. The Labute approximate surface area is 234 Å². The van der Waals surface area contributed by atoms with Crippen LogP contribution in [0.1, 0.15) is 41.4 Å². The molecule has 208 valence electrons. The van der Waals surface area contributed by atoms with Crippen LogP contribution in [0.25, 0.3) is 27.8 Å². The maximum absolute atomic E-state index is 15.7. The van der Waals surface area contributed by atoms with Crippen LogP contribution in [0.4, 0.5) is 15.9 Å². The number of nitrogen functional groups attached to an aromatic ring is 1. The highest BCUT2D eigenvalue weighted by Crippen LogP contribution is 2.37. The summed E-state index contributed by atoms with van der Waals surface area (Å²) in [6, 6.07) is 13.8. The lowest BCUT2D eigenvalue weighted by molar-refractivity contribution is 0.102. The number of nitrogens with one attached hydrogen (secondary N) is 1. The molecule has 1 fully saturated rings. The lowest BCUT2D eigenvalue weighted by atomic mass is 10.0. The molecule has 5 aromatic rings. The molecule has 2 aromatic carbocycles. The first-order valence-corrected chi connectivity index (χ1v) is 13.7. The molecule has 1 amide bonds. The highest BCUT2D eigenvalue weighted by atomic mass is 19.1. The Hall–Kier alpha value is -4.77. The van der Waals surface area contributed by atoms with E-state index in [-0.39, 0.29) is 28.7 Å². The van der Waals surface area contributed by atoms with Gasteiger partial charge in [0.1, 0.15) is 29.2 Å². The molecular formula is C30H28FN7O3. The third-order valence-corrected chi connectivity index (χ3v) is 7.96. The molecule has 0 spiro atoms. The molecule has 10 nitrogen and oxygen atoms in total. The van der Waals surface area contributed by atoms with Crippen molar-refractivity contribution in [3.8, 4) is 16.8 Å². The Morgan fingerprint density at radius 3 is 2.73 bits per heavy atom. The summed E-state index contributed by atoms with van der Waals surface area (Å²) in [5.74, 6) is -0.848. The van der Waals surface area contributed by atoms with E-state index in [1.165, 1.54) is 12.4 Å². The van der Waals surface area contributed by atoms with Crippen molar-refractivity contribution in [2.75, 3.05) is 24.3 Å². The first kappa shape index (κ1) is 25.2. The molecule has 0 radical (unpaired) electrons. The average Bonchev–Trinajstić information content (AvgIpc) is 3.70. The molecular weight excluding hydrogens is 525 g/mol. The number of carbonyl (C=O) groups excluding carboxylic acids is 1. The van der Waals surface area contributed by atoms with Crippen LogP contribution in [-0.2, 0) is 17.7 Å². The minimum atomic E-state index is -0.557. The molecule has 5 heterocycles. The number of amides is 1. The molecule has 11 heteroatoms. The number of fused-ring (bicyclic) bond motifs is 2. The summed E-state index contributed by atoms with van der Waals surface area (Å²) in [6.45, 7) is 1.82. The number of ether oxygens (including phenoxy) is 1. The number of nitrogens with zero attached hydrogens (tertiary/aromatic N) is 5. The number of nitrogens with two attached hydrogens (primary N) is 1. The molecule has 0 saturated carbocycles. The van der Waals surface area contributed by atoms with Crippen molar-refractivity contribution in [3.05, 3.63) is 88.5 Å². The number of aromatic nitrogens is 5. The quantitative estimate of drug-likeness (QED) is 0.334. The van der Waals surface area contributed by atoms with Crippen molar-refractivity contribution >= 4 is 28.4 Å². The van der Waals surface area contributed by atoms with Crippen molar-refractivity contribution in [2.45, 2.75) is 38.3 Å². The van der Waals surface area contributed by atoms with E-state index in [1.54, 1.807) is 16.8 Å². The molecule has 3 aromatic heterocycles. The summed E-state index contributed by atoms with van der Waals surface area (Å²) in [4.78, 5) is 35.6. The molecule has 7 rings (SSSR count). The number of carbonyl (C=O) groups is 1. The Bertz CT molecular complexity index is 1850. The Morgan fingerprint density at radius 1 is 1.10 bits per heavy atom. The Balaban J connectivity index is 1.24. The van der Waals surface area contributed by atoms with E-state index in [0.29, 0.717) is 59.7 Å². The zero-order valence-corrected chi connectivity index (χ0v) is 22.2. The minimum absolute atomic E-state index is 0.0652. The summed E-state index contributed by atoms with van der Waals surface area (Å²) in [5, 5.41) is 3.32. The molecule has 2 aliphatic rings. The monoisotopic (exact) mass is 553 g/mol. The predicted octanol–water partition coefficient (Wildman–Crippen LogP) is 4.32. The molecule has 1 atom stereocenters. The van der Waals surface area contributed by atoms with Gasteiger partial charge in [-0.15, -0.1) is 0 Å². The number of benzene rings is 2. The fourth-order valence-electron chi connectivity index (χ4n) is 6.02. The normalized spacial score (nSPS) is 16.7. The van der Waals surface area contributed by atoms with Crippen molar-refractivity contribution in [1.82, 2.24) is 23.9 Å². The fourth-order valence-corrected chi connectivity index (χ4v) is 6.02. The third kappa shape index (κ3) is 4.20. The molecule has 41 heavy (non-hydrogen) atoms. The smallest absolute Gasteiger partial charge is 0.284 e. The van der Waals surface area contributed by atoms with E-state index in [1.807, 2.05) is 45.8 Å². The van der Waals surface area contributed by atoms with Gasteiger partial charge in [-0.3, -0.25) is 14.3 Å². The minimum Gasteiger partial charge on any atom is -0.383 e. The number of anilines is 2. The van der Waals surface area contributed by atoms with Crippen LogP contribution in [0.3, 0.4) is 0 Å². The second-order valence-electron chi connectivity index (χ2n) is 10.4. The van der Waals surface area contributed by atoms with Crippen LogP contribution in [-0.4, -0.2) is 43.0 Å². The van der Waals surface area contributed by atoms with Gasteiger partial charge in [0, 0.05) is 36.2 Å². The van der Waals surface area contributed by atoms with Crippen molar-refractivity contribution in [3.63, 3.8) is 0 Å². The SMILES string of the molecule is Nc1ncnc2c1c(-c1ccc(NC(=O)c3c4n(n(-c5ccccc5)c3=O)CCCC4)cc1F)cn2C1CCOC1. The number of halogens is 1. The Morgan fingerprint density at radius 2 is 1.95 bits per heavy atom. The topological polar surface area (TPSA) is 122 Å². The van der Waals surface area contributed by atoms with Crippen LogP contribution in [0.15, 0.2) is 65.8 Å². The highest BCUT2D eigenvalue weighted by Gasteiger charge is 2.28. The van der Waals surface area contributed by atoms with Gasteiger partial charge in [0.2, 0.25) is 0 Å². The van der Waals surface area contributed by atoms with Crippen LogP contribution in [0.5, 0.6) is 0 Å². The molecule has 0 bridgehead atoms. The summed E-state index contributed by atoms with van der Waals surface area (Å²) in [6.07, 6.45) is 6.47. The molecule has 1 unspecified atom stereocenters. The summed E-state index contributed by atoms with van der Waals surface area (Å²) in [7, 11) is 0. The van der Waals surface area contributed by atoms with E-state index in [2.05, 4.69) is 15.3 Å². The summed E-state index contributed by atoms with van der Waals surface area (Å²) >= 11 is 0. The molecule has 2 aliphatic heterocycles. The largest absolute Gasteiger partial charge is 0.383 e. The first-order chi connectivity index (χ1) is 20.0. The van der Waals surface area contributed by atoms with E-state index in [4.69, 9.17) is 10.5 Å². The van der Waals surface area contributed by atoms with Gasteiger partial charge >= 0.3 is 0 Å². The van der Waals surface area contributed by atoms with Gasteiger partial charge in [-0.05, 0) is 56.0 Å². The lowest BCUT2D eigenvalue weighted by Crippen LogP contribution is -2.25. The number of para-hydroxylation sites is 1.